The molecular formula is C15H17BrN2OS. The Morgan fingerprint density at radius 1 is 1.35 bits per heavy atom. The minimum Gasteiger partial charge on any atom is -0.398 e. The molecule has 1 aromatic heterocycles. The smallest absolute Gasteiger partial charge is 0.255 e. The summed E-state index contributed by atoms with van der Waals surface area (Å²) >= 11 is 5.10. The van der Waals surface area contributed by atoms with Gasteiger partial charge in [0, 0.05) is 22.5 Å². The molecule has 106 valence electrons. The van der Waals surface area contributed by atoms with E-state index in [1.54, 1.807) is 34.4 Å². The van der Waals surface area contributed by atoms with Gasteiger partial charge in [-0.05, 0) is 54.0 Å². The number of amides is 1. The third-order valence-electron chi connectivity index (χ3n) is 3.33. The number of rotatable bonds is 3. The van der Waals surface area contributed by atoms with Crippen LogP contribution in [0.5, 0.6) is 0 Å². The molecule has 1 atom stereocenters. The summed E-state index contributed by atoms with van der Waals surface area (Å²) in [6, 6.07) is 9.53. The number of nitrogens with zero attached hydrogens (tertiary/aromatic N) is 1. The number of hydrogen-bond donors (Lipinski definition) is 1. The summed E-state index contributed by atoms with van der Waals surface area (Å²) in [4.78, 5) is 16.8. The van der Waals surface area contributed by atoms with Gasteiger partial charge >= 0.3 is 0 Å². The predicted octanol–water partition coefficient (Wildman–Crippen LogP) is 4.23. The molecule has 0 fully saturated rings. The van der Waals surface area contributed by atoms with Crippen molar-refractivity contribution < 1.29 is 4.79 Å². The van der Waals surface area contributed by atoms with Gasteiger partial charge in [-0.2, -0.15) is 0 Å². The first-order chi connectivity index (χ1) is 9.41. The van der Waals surface area contributed by atoms with Crippen molar-refractivity contribution in [2.75, 3.05) is 12.8 Å². The zero-order valence-corrected chi connectivity index (χ0v) is 14.1. The van der Waals surface area contributed by atoms with E-state index in [1.807, 2.05) is 14.0 Å². The maximum absolute atomic E-state index is 12.6. The first-order valence-corrected chi connectivity index (χ1v) is 7.90. The zero-order valence-electron chi connectivity index (χ0n) is 11.7. The maximum atomic E-state index is 12.6. The van der Waals surface area contributed by atoms with E-state index in [-0.39, 0.29) is 11.9 Å². The van der Waals surface area contributed by atoms with Crippen LogP contribution in [0.25, 0.3) is 0 Å². The largest absolute Gasteiger partial charge is 0.398 e. The molecule has 0 bridgehead atoms. The summed E-state index contributed by atoms with van der Waals surface area (Å²) in [7, 11) is 1.82. The number of halogens is 1. The lowest BCUT2D eigenvalue weighted by Gasteiger charge is -2.24. The minimum absolute atomic E-state index is 0.0366. The Kier molecular flexibility index (Phi) is 4.50. The van der Waals surface area contributed by atoms with Crippen LogP contribution in [0.2, 0.25) is 0 Å². The fourth-order valence-electron chi connectivity index (χ4n) is 1.95. The Bertz CT molecular complexity index is 639. The Balaban J connectivity index is 2.26. The van der Waals surface area contributed by atoms with Gasteiger partial charge in [0.05, 0.1) is 16.1 Å². The highest BCUT2D eigenvalue weighted by molar-refractivity contribution is 9.10. The number of aryl methyl sites for hydroxylation is 1. The lowest BCUT2D eigenvalue weighted by atomic mass is 10.1. The van der Waals surface area contributed by atoms with E-state index in [9.17, 15) is 4.79 Å². The highest BCUT2D eigenvalue weighted by atomic mass is 79.9. The van der Waals surface area contributed by atoms with E-state index in [1.165, 1.54) is 9.75 Å². The van der Waals surface area contributed by atoms with Crippen LogP contribution < -0.4 is 5.73 Å². The van der Waals surface area contributed by atoms with Gasteiger partial charge in [-0.25, -0.2) is 0 Å². The molecule has 0 aliphatic rings. The highest BCUT2D eigenvalue weighted by Gasteiger charge is 2.22. The molecule has 5 heteroatoms. The molecule has 1 heterocycles. The van der Waals surface area contributed by atoms with Gasteiger partial charge in [-0.1, -0.05) is 6.07 Å². The molecule has 1 aromatic carbocycles. The lowest BCUT2D eigenvalue weighted by molar-refractivity contribution is 0.0744. The van der Waals surface area contributed by atoms with Crippen LogP contribution in [-0.4, -0.2) is 17.9 Å². The van der Waals surface area contributed by atoms with Crippen LogP contribution in [0.1, 0.15) is 33.1 Å². The monoisotopic (exact) mass is 352 g/mol. The number of carbonyl (C=O) groups is 1. The van der Waals surface area contributed by atoms with E-state index >= 15 is 0 Å². The van der Waals surface area contributed by atoms with Crippen LogP contribution in [0.3, 0.4) is 0 Å². The first-order valence-electron chi connectivity index (χ1n) is 6.29. The van der Waals surface area contributed by atoms with Crippen LogP contribution in [0, 0.1) is 6.92 Å². The number of anilines is 1. The van der Waals surface area contributed by atoms with Crippen molar-refractivity contribution in [3.63, 3.8) is 0 Å². The molecule has 2 N–H and O–H groups in total. The van der Waals surface area contributed by atoms with E-state index in [2.05, 4.69) is 35.0 Å². The SMILES string of the molecule is Cc1ccc(C(C)N(C)C(=O)c2cccc(N)c2Br)s1. The number of thiophene rings is 1. The normalized spacial score (nSPS) is 12.2. The number of carbonyl (C=O) groups excluding carboxylic acids is 1. The fraction of sp³-hybridized carbons (Fsp3) is 0.267. The summed E-state index contributed by atoms with van der Waals surface area (Å²) in [6.07, 6.45) is 0. The van der Waals surface area contributed by atoms with Gasteiger partial charge in [0.25, 0.3) is 5.91 Å². The van der Waals surface area contributed by atoms with Crippen LogP contribution >= 0.6 is 27.3 Å². The topological polar surface area (TPSA) is 46.3 Å². The van der Waals surface area contributed by atoms with E-state index in [4.69, 9.17) is 5.73 Å². The molecule has 0 saturated carbocycles. The molecule has 3 nitrogen and oxygen atoms in total. The van der Waals surface area contributed by atoms with E-state index in [0.29, 0.717) is 15.7 Å². The number of nitrogen functional groups attached to an aromatic ring is 1. The summed E-state index contributed by atoms with van der Waals surface area (Å²) in [5, 5.41) is 0. The molecule has 2 rings (SSSR count). The maximum Gasteiger partial charge on any atom is 0.255 e. The lowest BCUT2D eigenvalue weighted by Crippen LogP contribution is -2.29. The second-order valence-corrected chi connectivity index (χ2v) is 6.86. The average Bonchev–Trinajstić information content (AvgIpc) is 2.86. The first kappa shape index (κ1) is 15.1. The minimum atomic E-state index is -0.0391. The number of nitrogens with two attached hydrogens (primary N) is 1. The zero-order chi connectivity index (χ0) is 14.9. The molecule has 0 saturated heterocycles. The molecule has 2 aromatic rings. The molecule has 1 unspecified atom stereocenters. The standard InChI is InChI=1S/C15H17BrN2OS/c1-9-7-8-13(20-9)10(2)18(3)15(19)11-5-4-6-12(17)14(11)16/h4-8,10H,17H2,1-3H3. The van der Waals surface area contributed by atoms with E-state index in [0.717, 1.165) is 0 Å². The second kappa shape index (κ2) is 5.97. The third kappa shape index (κ3) is 2.88. The van der Waals surface area contributed by atoms with Gasteiger partial charge in [0.15, 0.2) is 0 Å². The van der Waals surface area contributed by atoms with Crippen molar-refractivity contribution >= 4 is 38.9 Å². The second-order valence-electron chi connectivity index (χ2n) is 4.75. The summed E-state index contributed by atoms with van der Waals surface area (Å²) in [6.45, 7) is 4.10. The van der Waals surface area contributed by atoms with Crippen LogP contribution in [-0.2, 0) is 0 Å². The van der Waals surface area contributed by atoms with Gasteiger partial charge in [-0.15, -0.1) is 11.3 Å². The predicted molar refractivity (Wildman–Crippen MR) is 88.1 cm³/mol. The molecule has 20 heavy (non-hydrogen) atoms. The number of hydrogen-bond acceptors (Lipinski definition) is 3. The third-order valence-corrected chi connectivity index (χ3v) is 5.39. The van der Waals surface area contributed by atoms with Crippen LogP contribution in [0.15, 0.2) is 34.8 Å². The van der Waals surface area contributed by atoms with Crippen molar-refractivity contribution in [2.45, 2.75) is 19.9 Å². The summed E-state index contributed by atoms with van der Waals surface area (Å²) in [5.41, 5.74) is 7.00. The fourth-order valence-corrected chi connectivity index (χ4v) is 3.36. The van der Waals surface area contributed by atoms with Gasteiger partial charge < -0.3 is 10.6 Å². The molecule has 0 aliphatic heterocycles. The van der Waals surface area contributed by atoms with Gasteiger partial charge in [-0.3, -0.25) is 4.79 Å². The van der Waals surface area contributed by atoms with Crippen molar-refractivity contribution in [2.24, 2.45) is 0 Å². The van der Waals surface area contributed by atoms with Crippen molar-refractivity contribution in [3.05, 3.63) is 50.1 Å². The Morgan fingerprint density at radius 2 is 2.05 bits per heavy atom. The van der Waals surface area contributed by atoms with Crippen molar-refractivity contribution in [3.8, 4) is 0 Å². The van der Waals surface area contributed by atoms with Gasteiger partial charge in [0.1, 0.15) is 0 Å². The molecular weight excluding hydrogens is 336 g/mol. The molecule has 0 radical (unpaired) electrons. The Morgan fingerprint density at radius 3 is 2.65 bits per heavy atom. The average molecular weight is 353 g/mol. The van der Waals surface area contributed by atoms with Crippen molar-refractivity contribution in [1.82, 2.24) is 4.90 Å². The highest BCUT2D eigenvalue weighted by Crippen LogP contribution is 2.30. The number of benzene rings is 1. The van der Waals surface area contributed by atoms with Crippen molar-refractivity contribution in [1.29, 1.82) is 0 Å². The molecule has 1 amide bonds. The summed E-state index contributed by atoms with van der Waals surface area (Å²) < 4.78 is 0.659. The molecule has 0 spiro atoms. The summed E-state index contributed by atoms with van der Waals surface area (Å²) in [5.74, 6) is -0.0391. The van der Waals surface area contributed by atoms with Crippen LogP contribution in [0.4, 0.5) is 5.69 Å². The Hall–Kier alpha value is -1.33. The quantitative estimate of drug-likeness (QED) is 0.840. The Labute approximate surface area is 131 Å². The molecule has 0 aliphatic carbocycles. The van der Waals surface area contributed by atoms with Gasteiger partial charge in [0.2, 0.25) is 0 Å². The van der Waals surface area contributed by atoms with E-state index < -0.39 is 0 Å².